The van der Waals surface area contributed by atoms with Crippen LogP contribution in [-0.4, -0.2) is 6.10 Å². The van der Waals surface area contributed by atoms with E-state index in [4.69, 9.17) is 12.9 Å². The zero-order valence-electron chi connectivity index (χ0n) is 15.7. The van der Waals surface area contributed by atoms with Crippen molar-refractivity contribution in [1.82, 2.24) is 0 Å². The Bertz CT molecular complexity index is 873. The molecule has 1 aliphatic rings. The maximum atomic E-state index is 6.49. The van der Waals surface area contributed by atoms with Gasteiger partial charge in [0.2, 0.25) is 0 Å². The topological polar surface area (TPSA) is 35.5 Å². The normalized spacial score (nSPS) is 23.6. The molecule has 3 aromatic rings. The number of para-hydroxylation sites is 2. The van der Waals surface area contributed by atoms with Gasteiger partial charge in [0.15, 0.2) is 0 Å². The van der Waals surface area contributed by atoms with Crippen LogP contribution in [0.15, 0.2) is 56.9 Å². The summed E-state index contributed by atoms with van der Waals surface area (Å²) in [5.41, 5.74) is 1.68. The van der Waals surface area contributed by atoms with Crippen LogP contribution in [0.25, 0.3) is 21.9 Å². The summed E-state index contributed by atoms with van der Waals surface area (Å²) in [7, 11) is -1.46. The van der Waals surface area contributed by atoms with Gasteiger partial charge in [-0.15, -0.1) is 0 Å². The van der Waals surface area contributed by atoms with Crippen molar-refractivity contribution in [3.8, 4) is 0 Å². The van der Waals surface area contributed by atoms with Gasteiger partial charge in [-0.05, 0) is 42.7 Å². The third kappa shape index (κ3) is 3.56. The van der Waals surface area contributed by atoms with Gasteiger partial charge >= 0.3 is 8.24 Å². The Labute approximate surface area is 156 Å². The maximum absolute atomic E-state index is 6.49. The molecule has 3 atom stereocenters. The van der Waals surface area contributed by atoms with Crippen molar-refractivity contribution < 1.29 is 12.9 Å². The van der Waals surface area contributed by atoms with E-state index in [2.05, 4.69) is 32.9 Å². The lowest BCUT2D eigenvalue weighted by atomic mass is 9.75. The van der Waals surface area contributed by atoms with E-state index in [9.17, 15) is 0 Å². The second-order valence-electron chi connectivity index (χ2n) is 7.87. The average molecular weight is 370 g/mol. The number of rotatable bonds is 3. The highest BCUT2D eigenvalue weighted by molar-refractivity contribution is 7.31. The quantitative estimate of drug-likeness (QED) is 0.490. The second-order valence-corrected chi connectivity index (χ2v) is 8.89. The molecule has 1 heterocycles. The molecule has 3 nitrogen and oxygen atoms in total. The highest BCUT2D eigenvalue weighted by Gasteiger charge is 2.33. The predicted octanol–water partition coefficient (Wildman–Crippen LogP) is 7.18. The van der Waals surface area contributed by atoms with Gasteiger partial charge in [-0.3, -0.25) is 4.52 Å². The van der Waals surface area contributed by atoms with Crippen LogP contribution >= 0.6 is 8.24 Å². The molecule has 2 aromatic carbocycles. The van der Waals surface area contributed by atoms with Crippen LogP contribution in [0.4, 0.5) is 0 Å². The zero-order chi connectivity index (χ0) is 18.1. The van der Waals surface area contributed by atoms with Gasteiger partial charge in [-0.2, -0.15) is 0 Å². The zero-order valence-corrected chi connectivity index (χ0v) is 16.6. The molecule has 138 valence electrons. The molecule has 0 unspecified atom stereocenters. The number of hydrogen-bond acceptors (Lipinski definition) is 3. The van der Waals surface area contributed by atoms with Crippen molar-refractivity contribution in [2.75, 3.05) is 0 Å². The largest absolute Gasteiger partial charge is 0.399 e. The average Bonchev–Trinajstić information content (AvgIpc) is 2.78. The highest BCUT2D eigenvalue weighted by Crippen LogP contribution is 2.40. The summed E-state index contributed by atoms with van der Waals surface area (Å²) in [6.45, 7) is 6.91. The molecule has 0 saturated heterocycles. The van der Waals surface area contributed by atoms with E-state index in [1.807, 2.05) is 36.4 Å². The molecule has 4 heteroatoms. The van der Waals surface area contributed by atoms with E-state index < -0.39 is 8.24 Å². The van der Waals surface area contributed by atoms with Gasteiger partial charge in [-0.1, -0.05) is 63.6 Å². The van der Waals surface area contributed by atoms with E-state index in [-0.39, 0.29) is 6.10 Å². The Kier molecular flexibility index (Phi) is 5.11. The summed E-state index contributed by atoms with van der Waals surface area (Å²) in [5.74, 6) is 1.86. The van der Waals surface area contributed by atoms with Crippen LogP contribution in [0.3, 0.4) is 0 Å². The van der Waals surface area contributed by atoms with Crippen molar-refractivity contribution in [3.05, 3.63) is 48.5 Å². The van der Waals surface area contributed by atoms with Crippen molar-refractivity contribution in [3.63, 3.8) is 0 Å². The molecule has 0 spiro atoms. The lowest BCUT2D eigenvalue weighted by Gasteiger charge is -2.35. The first-order valence-electron chi connectivity index (χ1n) is 9.63. The summed E-state index contributed by atoms with van der Waals surface area (Å²) >= 11 is 0. The summed E-state index contributed by atoms with van der Waals surface area (Å²) in [4.78, 5) is 0. The van der Waals surface area contributed by atoms with E-state index in [0.29, 0.717) is 17.8 Å². The molecule has 4 rings (SSSR count). The van der Waals surface area contributed by atoms with Crippen LogP contribution in [0, 0.1) is 17.8 Å². The Balaban J connectivity index is 1.80. The van der Waals surface area contributed by atoms with Gasteiger partial charge < -0.3 is 8.39 Å². The second kappa shape index (κ2) is 7.50. The number of benzene rings is 2. The van der Waals surface area contributed by atoms with Gasteiger partial charge in [0.25, 0.3) is 0 Å². The fraction of sp³-hybridized carbons (Fsp3) is 0.455. The van der Waals surface area contributed by atoms with Crippen molar-refractivity contribution >= 4 is 30.2 Å². The van der Waals surface area contributed by atoms with E-state index in [0.717, 1.165) is 28.4 Å². The molecule has 1 aliphatic carbocycles. The van der Waals surface area contributed by atoms with Crippen LogP contribution in [0.2, 0.25) is 0 Å². The molecule has 26 heavy (non-hydrogen) atoms. The number of fused-ring (bicyclic) bond motifs is 3. The molecular weight excluding hydrogens is 343 g/mol. The standard InChI is InChI=1S/C22H27O3P/c1-15(2)17-13-12-16(3)14-22(17)25-26-23-20-10-6-4-8-18(20)19-9-5-7-11-21(19)24-26/h4-11,15-17,22H,12-14H2,1-3H3/t16-,17+,22-/m0/s1. The molecule has 1 saturated carbocycles. The van der Waals surface area contributed by atoms with Gasteiger partial charge in [0.1, 0.15) is 11.2 Å². The highest BCUT2D eigenvalue weighted by atomic mass is 31.1. The van der Waals surface area contributed by atoms with Crippen LogP contribution in [0.5, 0.6) is 0 Å². The predicted molar refractivity (Wildman–Crippen MR) is 108 cm³/mol. The lowest BCUT2D eigenvalue weighted by Crippen LogP contribution is -2.35. The SMILES string of the molecule is CC(C)[C@H]1CC[C@H](C)C[C@@H]1Op1oc2ccccc2c2ccccc2o1. The first-order valence-corrected chi connectivity index (χ1v) is 10.7. The summed E-state index contributed by atoms with van der Waals surface area (Å²) < 4.78 is 18.9. The molecule has 0 aliphatic heterocycles. The fourth-order valence-corrected chi connectivity index (χ4v) is 5.33. The summed E-state index contributed by atoms with van der Waals surface area (Å²) in [6.07, 6.45) is 3.79. The molecule has 1 aromatic heterocycles. The molecule has 0 N–H and O–H groups in total. The third-order valence-corrected chi connectivity index (χ3v) is 6.73. The van der Waals surface area contributed by atoms with Crippen molar-refractivity contribution in [1.29, 1.82) is 0 Å². The Hall–Kier alpha value is -1.70. The van der Waals surface area contributed by atoms with Crippen LogP contribution in [-0.2, 0) is 0 Å². The Morgan fingerprint density at radius 2 is 1.50 bits per heavy atom. The minimum atomic E-state index is -1.46. The fourth-order valence-electron chi connectivity index (χ4n) is 4.11. The van der Waals surface area contributed by atoms with Gasteiger partial charge in [-0.25, -0.2) is 0 Å². The summed E-state index contributed by atoms with van der Waals surface area (Å²) in [6, 6.07) is 16.2. The van der Waals surface area contributed by atoms with E-state index in [1.165, 1.54) is 12.8 Å². The maximum Gasteiger partial charge on any atom is 0.387 e. The molecule has 0 radical (unpaired) electrons. The van der Waals surface area contributed by atoms with Crippen molar-refractivity contribution in [2.45, 2.75) is 46.1 Å². The molecule has 0 amide bonds. The first-order chi connectivity index (χ1) is 12.6. The molecule has 0 bridgehead atoms. The first kappa shape index (κ1) is 17.7. The monoisotopic (exact) mass is 370 g/mol. The third-order valence-electron chi connectivity index (χ3n) is 5.59. The molecule has 1 fully saturated rings. The Morgan fingerprint density at radius 3 is 2.08 bits per heavy atom. The molecular formula is C22H27O3P. The summed E-state index contributed by atoms with van der Waals surface area (Å²) in [5, 5.41) is 2.13. The van der Waals surface area contributed by atoms with E-state index in [1.54, 1.807) is 0 Å². The lowest BCUT2D eigenvalue weighted by molar-refractivity contribution is 0.0746. The van der Waals surface area contributed by atoms with Crippen LogP contribution < -0.4 is 4.52 Å². The van der Waals surface area contributed by atoms with E-state index >= 15 is 0 Å². The van der Waals surface area contributed by atoms with Crippen LogP contribution in [0.1, 0.15) is 40.0 Å². The van der Waals surface area contributed by atoms with Crippen molar-refractivity contribution in [2.24, 2.45) is 17.8 Å². The minimum absolute atomic E-state index is 0.197. The minimum Gasteiger partial charge on any atom is -0.399 e. The van der Waals surface area contributed by atoms with Gasteiger partial charge in [0.05, 0.1) is 6.10 Å². The Morgan fingerprint density at radius 1 is 0.923 bits per heavy atom. The smallest absolute Gasteiger partial charge is 0.387 e. The number of hydrogen-bond donors (Lipinski definition) is 0. The van der Waals surface area contributed by atoms with Gasteiger partial charge in [0, 0.05) is 10.8 Å².